The molecule has 1 aliphatic carbocycles. The quantitative estimate of drug-likeness (QED) is 0.637. The molecular formula is C12H16FN3O2. The fraction of sp³-hybridized carbons (Fsp3) is 0.500. The van der Waals surface area contributed by atoms with Crippen LogP contribution in [0.3, 0.4) is 0 Å². The molecule has 0 atom stereocenters. The van der Waals surface area contributed by atoms with E-state index in [2.05, 4.69) is 5.32 Å². The standard InChI is InChI=1S/C12H16FN3O2/c13-9-3-4-10(11(7-9)16(17)18)15-12(8-14)5-1-2-6-12/h3-4,7,15H,1-2,5-6,8,14H2. The number of halogens is 1. The maximum absolute atomic E-state index is 13.0. The highest BCUT2D eigenvalue weighted by Crippen LogP contribution is 2.35. The number of nitro groups is 1. The van der Waals surface area contributed by atoms with E-state index in [1.54, 1.807) is 0 Å². The van der Waals surface area contributed by atoms with E-state index in [1.165, 1.54) is 12.1 Å². The average molecular weight is 253 g/mol. The molecule has 5 nitrogen and oxygen atoms in total. The summed E-state index contributed by atoms with van der Waals surface area (Å²) >= 11 is 0. The van der Waals surface area contributed by atoms with Crippen LogP contribution in [0, 0.1) is 15.9 Å². The molecular weight excluding hydrogens is 237 g/mol. The lowest BCUT2D eigenvalue weighted by Crippen LogP contribution is -2.42. The zero-order valence-corrected chi connectivity index (χ0v) is 9.99. The summed E-state index contributed by atoms with van der Waals surface area (Å²) in [7, 11) is 0. The maximum Gasteiger partial charge on any atom is 0.295 e. The van der Waals surface area contributed by atoms with Gasteiger partial charge >= 0.3 is 0 Å². The minimum Gasteiger partial charge on any atom is -0.373 e. The minimum absolute atomic E-state index is 0.241. The third kappa shape index (κ3) is 2.43. The number of nitro benzene ring substituents is 1. The Morgan fingerprint density at radius 2 is 2.11 bits per heavy atom. The molecule has 0 spiro atoms. The van der Waals surface area contributed by atoms with E-state index in [9.17, 15) is 14.5 Å². The van der Waals surface area contributed by atoms with Gasteiger partial charge in [0.25, 0.3) is 5.69 Å². The second-order valence-electron chi connectivity index (χ2n) is 4.74. The number of hydrogen-bond acceptors (Lipinski definition) is 4. The molecule has 1 aromatic rings. The number of hydrogen-bond donors (Lipinski definition) is 2. The molecule has 1 fully saturated rings. The molecule has 3 N–H and O–H groups in total. The molecule has 0 aromatic heterocycles. The van der Waals surface area contributed by atoms with Crippen molar-refractivity contribution in [2.75, 3.05) is 11.9 Å². The summed E-state index contributed by atoms with van der Waals surface area (Å²) in [5, 5.41) is 14.1. The van der Waals surface area contributed by atoms with Crippen LogP contribution < -0.4 is 11.1 Å². The Balaban J connectivity index is 2.30. The summed E-state index contributed by atoms with van der Waals surface area (Å²) < 4.78 is 13.0. The first-order valence-corrected chi connectivity index (χ1v) is 5.98. The molecule has 98 valence electrons. The maximum atomic E-state index is 13.0. The van der Waals surface area contributed by atoms with E-state index in [0.29, 0.717) is 12.2 Å². The summed E-state index contributed by atoms with van der Waals surface area (Å²) in [4.78, 5) is 10.3. The molecule has 6 heteroatoms. The van der Waals surface area contributed by atoms with Crippen LogP contribution in [-0.2, 0) is 0 Å². The number of benzene rings is 1. The van der Waals surface area contributed by atoms with Crippen LogP contribution in [0.2, 0.25) is 0 Å². The van der Waals surface area contributed by atoms with E-state index in [0.717, 1.165) is 31.7 Å². The van der Waals surface area contributed by atoms with Crippen molar-refractivity contribution in [3.05, 3.63) is 34.1 Å². The van der Waals surface area contributed by atoms with E-state index in [4.69, 9.17) is 5.73 Å². The Kier molecular flexibility index (Phi) is 3.47. The molecule has 0 saturated heterocycles. The van der Waals surface area contributed by atoms with Gasteiger partial charge < -0.3 is 11.1 Å². The molecule has 18 heavy (non-hydrogen) atoms. The summed E-state index contributed by atoms with van der Waals surface area (Å²) in [5.41, 5.74) is 5.58. The largest absolute Gasteiger partial charge is 0.373 e. The fourth-order valence-corrected chi connectivity index (χ4v) is 2.48. The first kappa shape index (κ1) is 12.8. The van der Waals surface area contributed by atoms with Gasteiger partial charge in [0, 0.05) is 12.1 Å². The second kappa shape index (κ2) is 4.89. The molecule has 0 unspecified atom stereocenters. The van der Waals surface area contributed by atoms with Crippen molar-refractivity contribution in [1.29, 1.82) is 0 Å². The van der Waals surface area contributed by atoms with E-state index < -0.39 is 10.7 Å². The lowest BCUT2D eigenvalue weighted by molar-refractivity contribution is -0.384. The van der Waals surface area contributed by atoms with Crippen molar-refractivity contribution in [2.24, 2.45) is 5.73 Å². The van der Waals surface area contributed by atoms with Crippen molar-refractivity contribution in [3.8, 4) is 0 Å². The first-order chi connectivity index (χ1) is 8.56. The van der Waals surface area contributed by atoms with Crippen LogP contribution in [0.5, 0.6) is 0 Å². The lowest BCUT2D eigenvalue weighted by atomic mass is 9.97. The Morgan fingerprint density at radius 1 is 1.44 bits per heavy atom. The molecule has 0 heterocycles. The number of nitrogens with one attached hydrogen (secondary N) is 1. The predicted molar refractivity (Wildman–Crippen MR) is 66.9 cm³/mol. The van der Waals surface area contributed by atoms with Gasteiger partial charge in [-0.05, 0) is 25.0 Å². The lowest BCUT2D eigenvalue weighted by Gasteiger charge is -2.29. The summed E-state index contributed by atoms with van der Waals surface area (Å²) in [5.74, 6) is -0.611. The Bertz CT molecular complexity index is 459. The first-order valence-electron chi connectivity index (χ1n) is 5.98. The van der Waals surface area contributed by atoms with Crippen LogP contribution in [0.1, 0.15) is 25.7 Å². The topological polar surface area (TPSA) is 81.2 Å². The number of nitrogens with zero attached hydrogens (tertiary/aromatic N) is 1. The zero-order chi connectivity index (χ0) is 13.2. The van der Waals surface area contributed by atoms with Gasteiger partial charge in [0.2, 0.25) is 0 Å². The number of rotatable bonds is 4. The summed E-state index contributed by atoms with van der Waals surface area (Å²) in [6, 6.07) is 3.55. The molecule has 1 aliphatic rings. The van der Waals surface area contributed by atoms with Gasteiger partial charge in [0.05, 0.1) is 11.0 Å². The van der Waals surface area contributed by atoms with Gasteiger partial charge in [-0.1, -0.05) is 12.8 Å². The van der Waals surface area contributed by atoms with Gasteiger partial charge in [-0.25, -0.2) is 4.39 Å². The van der Waals surface area contributed by atoms with Crippen molar-refractivity contribution >= 4 is 11.4 Å². The van der Waals surface area contributed by atoms with Crippen LogP contribution in [0.25, 0.3) is 0 Å². The normalized spacial score (nSPS) is 17.7. The zero-order valence-electron chi connectivity index (χ0n) is 9.99. The Morgan fingerprint density at radius 3 is 2.67 bits per heavy atom. The highest BCUT2D eigenvalue weighted by Gasteiger charge is 2.34. The van der Waals surface area contributed by atoms with Gasteiger partial charge in [-0.3, -0.25) is 10.1 Å². The highest BCUT2D eigenvalue weighted by molar-refractivity contribution is 5.62. The summed E-state index contributed by atoms with van der Waals surface area (Å²) in [6.07, 6.45) is 3.88. The van der Waals surface area contributed by atoms with Crippen molar-refractivity contribution in [2.45, 2.75) is 31.2 Å². The SMILES string of the molecule is NCC1(Nc2ccc(F)cc2[N+](=O)[O-])CCCC1. The van der Waals surface area contributed by atoms with Gasteiger partial charge in [-0.15, -0.1) is 0 Å². The predicted octanol–water partition coefficient (Wildman–Crippen LogP) is 2.42. The van der Waals surface area contributed by atoms with Crippen molar-refractivity contribution in [1.82, 2.24) is 0 Å². The Labute approximate surface area is 104 Å². The molecule has 0 amide bonds. The number of nitrogens with two attached hydrogens (primary N) is 1. The molecule has 0 radical (unpaired) electrons. The monoisotopic (exact) mass is 253 g/mol. The Hall–Kier alpha value is -1.69. The molecule has 0 bridgehead atoms. The van der Waals surface area contributed by atoms with Crippen LogP contribution in [0.4, 0.5) is 15.8 Å². The second-order valence-corrected chi connectivity index (χ2v) is 4.74. The third-order valence-electron chi connectivity index (χ3n) is 3.51. The van der Waals surface area contributed by atoms with Gasteiger partial charge in [-0.2, -0.15) is 0 Å². The van der Waals surface area contributed by atoms with Crippen molar-refractivity contribution in [3.63, 3.8) is 0 Å². The molecule has 2 rings (SSSR count). The van der Waals surface area contributed by atoms with Crippen LogP contribution in [-0.4, -0.2) is 17.0 Å². The molecule has 0 aliphatic heterocycles. The van der Waals surface area contributed by atoms with E-state index >= 15 is 0 Å². The molecule has 1 aromatic carbocycles. The molecule has 1 saturated carbocycles. The fourth-order valence-electron chi connectivity index (χ4n) is 2.48. The van der Waals surface area contributed by atoms with Crippen molar-refractivity contribution < 1.29 is 9.31 Å². The number of anilines is 1. The van der Waals surface area contributed by atoms with Crippen LogP contribution >= 0.6 is 0 Å². The minimum atomic E-state index is -0.611. The van der Waals surface area contributed by atoms with E-state index in [1.807, 2.05) is 0 Å². The third-order valence-corrected chi connectivity index (χ3v) is 3.51. The van der Waals surface area contributed by atoms with Crippen LogP contribution in [0.15, 0.2) is 18.2 Å². The smallest absolute Gasteiger partial charge is 0.295 e. The highest BCUT2D eigenvalue weighted by atomic mass is 19.1. The van der Waals surface area contributed by atoms with Gasteiger partial charge in [0.15, 0.2) is 0 Å². The average Bonchev–Trinajstić information content (AvgIpc) is 2.80. The summed E-state index contributed by atoms with van der Waals surface area (Å²) in [6.45, 7) is 0.418. The van der Waals surface area contributed by atoms with E-state index in [-0.39, 0.29) is 11.2 Å². The van der Waals surface area contributed by atoms with Gasteiger partial charge in [0.1, 0.15) is 11.5 Å².